The average Bonchev–Trinajstić information content (AvgIpc) is 2.76. The first kappa shape index (κ1) is 22.3. The number of nitrogens with zero attached hydrogens (tertiary/aromatic N) is 1. The summed E-state index contributed by atoms with van der Waals surface area (Å²) in [6, 6.07) is 13.5. The van der Waals surface area contributed by atoms with Crippen LogP contribution in [0.4, 0.5) is 0 Å². The molecular weight excluding hydrogens is 396 g/mol. The minimum absolute atomic E-state index is 0.0265. The van der Waals surface area contributed by atoms with Gasteiger partial charge in [-0.05, 0) is 75.1 Å². The molecule has 7 nitrogen and oxygen atoms in total. The van der Waals surface area contributed by atoms with Crippen molar-refractivity contribution in [3.8, 4) is 5.75 Å². The van der Waals surface area contributed by atoms with Crippen molar-refractivity contribution in [3.05, 3.63) is 65.2 Å². The number of piperidine rings is 1. The molecular formula is C24H28N2O5. The lowest BCUT2D eigenvalue weighted by Gasteiger charge is -2.38. The van der Waals surface area contributed by atoms with Gasteiger partial charge in [0, 0.05) is 17.6 Å². The lowest BCUT2D eigenvalue weighted by molar-refractivity contribution is -0.139. The number of hydrogen-bond donors (Lipinski definition) is 1. The normalized spacial score (nSPS) is 18.3. The third-order valence-electron chi connectivity index (χ3n) is 5.52. The molecule has 0 aliphatic carbocycles. The van der Waals surface area contributed by atoms with Crippen LogP contribution in [0.25, 0.3) is 0 Å². The summed E-state index contributed by atoms with van der Waals surface area (Å²) in [5.41, 5.74) is 6.65. The van der Waals surface area contributed by atoms with E-state index in [1.54, 1.807) is 48.5 Å². The quantitative estimate of drug-likeness (QED) is 0.688. The highest BCUT2D eigenvalue weighted by Crippen LogP contribution is 2.23. The molecule has 31 heavy (non-hydrogen) atoms. The molecule has 0 saturated carbocycles. The van der Waals surface area contributed by atoms with Crippen LogP contribution in [0.3, 0.4) is 0 Å². The fraction of sp³-hybridized carbons (Fsp3) is 0.375. The Morgan fingerprint density at radius 1 is 1.00 bits per heavy atom. The number of likely N-dealkylation sites (tertiary alicyclic amines) is 1. The average molecular weight is 424 g/mol. The van der Waals surface area contributed by atoms with Gasteiger partial charge in [-0.3, -0.25) is 9.59 Å². The van der Waals surface area contributed by atoms with Crippen LogP contribution in [0.1, 0.15) is 59.4 Å². The maximum absolute atomic E-state index is 12.6. The van der Waals surface area contributed by atoms with Crippen molar-refractivity contribution in [2.24, 2.45) is 5.73 Å². The maximum atomic E-state index is 12.6. The fourth-order valence-electron chi connectivity index (χ4n) is 3.87. The van der Waals surface area contributed by atoms with Crippen molar-refractivity contribution in [2.75, 3.05) is 6.61 Å². The summed E-state index contributed by atoms with van der Waals surface area (Å²) in [5.74, 6) is -0.549. The van der Waals surface area contributed by atoms with Crippen LogP contribution in [0.15, 0.2) is 48.5 Å². The number of ether oxygens (including phenoxy) is 2. The Balaban J connectivity index is 1.51. The first-order chi connectivity index (χ1) is 14.8. The highest BCUT2D eigenvalue weighted by Gasteiger charge is 2.28. The van der Waals surface area contributed by atoms with E-state index >= 15 is 0 Å². The summed E-state index contributed by atoms with van der Waals surface area (Å²) in [6.45, 7) is 4.13. The molecule has 2 aromatic carbocycles. The van der Waals surface area contributed by atoms with Crippen molar-refractivity contribution in [2.45, 2.75) is 51.8 Å². The van der Waals surface area contributed by atoms with Gasteiger partial charge in [-0.1, -0.05) is 12.1 Å². The van der Waals surface area contributed by atoms with Gasteiger partial charge in [-0.25, -0.2) is 4.79 Å². The number of carbonyl (C=O) groups excluding carboxylic acids is 3. The number of primary amides is 1. The zero-order valence-corrected chi connectivity index (χ0v) is 17.9. The highest BCUT2D eigenvalue weighted by atomic mass is 16.5. The van der Waals surface area contributed by atoms with Crippen molar-refractivity contribution in [1.82, 2.24) is 4.90 Å². The van der Waals surface area contributed by atoms with Crippen molar-refractivity contribution in [3.63, 3.8) is 0 Å². The molecule has 2 unspecified atom stereocenters. The third kappa shape index (κ3) is 5.84. The van der Waals surface area contributed by atoms with Gasteiger partial charge in [0.1, 0.15) is 12.4 Å². The van der Waals surface area contributed by atoms with Crippen LogP contribution >= 0.6 is 0 Å². The number of nitrogens with two attached hydrogens (primary N) is 1. The molecule has 2 amide bonds. The van der Waals surface area contributed by atoms with E-state index in [-0.39, 0.29) is 31.2 Å². The number of amides is 2. The Morgan fingerprint density at radius 3 is 2.32 bits per heavy atom. The summed E-state index contributed by atoms with van der Waals surface area (Å²) >= 11 is 0. The summed E-state index contributed by atoms with van der Waals surface area (Å²) in [4.78, 5) is 38.0. The first-order valence-corrected chi connectivity index (χ1v) is 10.4. The Morgan fingerprint density at radius 2 is 1.68 bits per heavy atom. The van der Waals surface area contributed by atoms with E-state index in [1.165, 1.54) is 0 Å². The SMILES string of the molecule is CC1CCCC(C)N1C(=O)COc1ccc(C(=O)OCc2cccc(C(N)=O)c2)cc1. The van der Waals surface area contributed by atoms with Gasteiger partial charge < -0.3 is 20.1 Å². The van der Waals surface area contributed by atoms with Crippen LogP contribution in [0.5, 0.6) is 5.75 Å². The second kappa shape index (κ2) is 10.1. The van der Waals surface area contributed by atoms with Gasteiger partial charge >= 0.3 is 5.97 Å². The smallest absolute Gasteiger partial charge is 0.338 e. The van der Waals surface area contributed by atoms with Gasteiger partial charge in [-0.2, -0.15) is 0 Å². The number of rotatable bonds is 7. The van der Waals surface area contributed by atoms with E-state index in [9.17, 15) is 14.4 Å². The van der Waals surface area contributed by atoms with Gasteiger partial charge in [0.15, 0.2) is 6.61 Å². The van der Waals surface area contributed by atoms with Crippen LogP contribution in [0, 0.1) is 0 Å². The molecule has 2 N–H and O–H groups in total. The predicted octanol–water partition coefficient (Wildman–Crippen LogP) is 3.31. The molecule has 1 saturated heterocycles. The lowest BCUT2D eigenvalue weighted by atomic mass is 9.97. The Labute approximate surface area is 182 Å². The summed E-state index contributed by atoms with van der Waals surface area (Å²) in [6.07, 6.45) is 3.17. The molecule has 7 heteroatoms. The Bertz CT molecular complexity index is 931. The lowest BCUT2D eigenvalue weighted by Crippen LogP contribution is -2.49. The van der Waals surface area contributed by atoms with Gasteiger partial charge in [0.05, 0.1) is 5.56 Å². The van der Waals surface area contributed by atoms with E-state index < -0.39 is 11.9 Å². The van der Waals surface area contributed by atoms with E-state index in [4.69, 9.17) is 15.2 Å². The Hall–Kier alpha value is -3.35. The van der Waals surface area contributed by atoms with E-state index in [2.05, 4.69) is 13.8 Å². The molecule has 1 aliphatic heterocycles. The maximum Gasteiger partial charge on any atom is 0.338 e. The minimum Gasteiger partial charge on any atom is -0.484 e. The molecule has 0 aromatic heterocycles. The topological polar surface area (TPSA) is 98.9 Å². The summed E-state index contributed by atoms with van der Waals surface area (Å²) in [5, 5.41) is 0. The van der Waals surface area contributed by atoms with Crippen molar-refractivity contribution < 1.29 is 23.9 Å². The molecule has 2 aromatic rings. The van der Waals surface area contributed by atoms with Crippen molar-refractivity contribution >= 4 is 17.8 Å². The van der Waals surface area contributed by atoms with Gasteiger partial charge in [0.2, 0.25) is 5.91 Å². The minimum atomic E-state index is -0.536. The molecule has 164 valence electrons. The van der Waals surface area contributed by atoms with Crippen LogP contribution < -0.4 is 10.5 Å². The first-order valence-electron chi connectivity index (χ1n) is 10.4. The van der Waals surface area contributed by atoms with Crippen molar-refractivity contribution in [1.29, 1.82) is 0 Å². The zero-order valence-electron chi connectivity index (χ0n) is 17.9. The van der Waals surface area contributed by atoms with Gasteiger partial charge in [-0.15, -0.1) is 0 Å². The highest BCUT2D eigenvalue weighted by molar-refractivity contribution is 5.93. The number of benzene rings is 2. The van der Waals surface area contributed by atoms with E-state index in [1.807, 2.05) is 4.90 Å². The largest absolute Gasteiger partial charge is 0.484 e. The number of esters is 1. The number of hydrogen-bond acceptors (Lipinski definition) is 5. The summed E-state index contributed by atoms with van der Waals surface area (Å²) < 4.78 is 10.9. The molecule has 1 heterocycles. The van der Waals surface area contributed by atoms with Crippen LogP contribution in [0.2, 0.25) is 0 Å². The second-order valence-corrected chi connectivity index (χ2v) is 7.88. The van der Waals surface area contributed by atoms with Crippen LogP contribution in [-0.4, -0.2) is 41.4 Å². The zero-order chi connectivity index (χ0) is 22.4. The predicted molar refractivity (Wildman–Crippen MR) is 116 cm³/mol. The standard InChI is InChI=1S/C24H28N2O5/c1-16-5-3-6-17(2)26(16)22(27)15-30-21-11-9-19(10-12-21)24(29)31-14-18-7-4-8-20(13-18)23(25)28/h4,7-13,16-17H,3,5-6,14-15H2,1-2H3,(H2,25,28). The van der Waals surface area contributed by atoms with E-state index in [0.29, 0.717) is 22.4 Å². The monoisotopic (exact) mass is 424 g/mol. The molecule has 2 atom stereocenters. The molecule has 1 aliphatic rings. The molecule has 0 spiro atoms. The third-order valence-corrected chi connectivity index (χ3v) is 5.52. The van der Waals surface area contributed by atoms with Gasteiger partial charge in [0.25, 0.3) is 5.91 Å². The molecule has 0 radical (unpaired) electrons. The molecule has 3 rings (SSSR count). The van der Waals surface area contributed by atoms with Crippen LogP contribution in [-0.2, 0) is 16.1 Å². The van der Waals surface area contributed by atoms with E-state index in [0.717, 1.165) is 19.3 Å². The Kier molecular flexibility index (Phi) is 7.28. The summed E-state index contributed by atoms with van der Waals surface area (Å²) in [7, 11) is 0. The molecule has 1 fully saturated rings. The fourth-order valence-corrected chi connectivity index (χ4v) is 3.87. The number of carbonyl (C=O) groups is 3. The molecule has 0 bridgehead atoms. The second-order valence-electron chi connectivity index (χ2n) is 7.88.